The van der Waals surface area contributed by atoms with Gasteiger partial charge in [0.25, 0.3) is 0 Å². The largest absolute Gasteiger partial charge is 0.382 e. The average molecular weight is 257 g/mol. The molecule has 18 heavy (non-hydrogen) atoms. The third-order valence-electron chi connectivity index (χ3n) is 2.79. The minimum absolute atomic E-state index is 0.154. The number of ether oxygens (including phenoxy) is 1. The van der Waals surface area contributed by atoms with E-state index in [1.165, 1.54) is 12.1 Å². The van der Waals surface area contributed by atoms with Crippen LogP contribution in [0.4, 0.5) is 8.78 Å². The summed E-state index contributed by atoms with van der Waals surface area (Å²) in [5.74, 6) is -1.01. The summed E-state index contributed by atoms with van der Waals surface area (Å²) in [6.45, 7) is 6.11. The first-order valence-corrected chi connectivity index (χ1v) is 6.42. The molecule has 102 valence electrons. The third-order valence-corrected chi connectivity index (χ3v) is 2.79. The predicted octanol–water partition coefficient (Wildman–Crippen LogP) is 2.91. The van der Waals surface area contributed by atoms with Gasteiger partial charge in [-0.05, 0) is 37.9 Å². The van der Waals surface area contributed by atoms with Crippen LogP contribution < -0.4 is 5.32 Å². The normalized spacial score (nSPS) is 12.7. The van der Waals surface area contributed by atoms with Crippen molar-refractivity contribution in [2.24, 2.45) is 0 Å². The third kappa shape index (κ3) is 5.10. The molecule has 0 aliphatic rings. The van der Waals surface area contributed by atoms with Crippen LogP contribution in [0.1, 0.15) is 25.8 Å². The number of nitrogens with one attached hydrogen (secondary N) is 1. The van der Waals surface area contributed by atoms with Crippen LogP contribution in [0, 0.1) is 11.6 Å². The fourth-order valence-electron chi connectivity index (χ4n) is 1.89. The molecule has 0 spiro atoms. The van der Waals surface area contributed by atoms with Crippen molar-refractivity contribution in [1.82, 2.24) is 5.32 Å². The summed E-state index contributed by atoms with van der Waals surface area (Å²) in [6.07, 6.45) is 1.37. The number of benzene rings is 1. The predicted molar refractivity (Wildman–Crippen MR) is 68.6 cm³/mol. The number of rotatable bonds is 8. The summed E-state index contributed by atoms with van der Waals surface area (Å²) in [5.41, 5.74) is 0.541. The summed E-state index contributed by atoms with van der Waals surface area (Å²) in [6, 6.07) is 3.89. The van der Waals surface area contributed by atoms with Gasteiger partial charge >= 0.3 is 0 Å². The second-order valence-corrected chi connectivity index (χ2v) is 4.18. The zero-order valence-electron chi connectivity index (χ0n) is 11.0. The van der Waals surface area contributed by atoms with E-state index in [0.29, 0.717) is 25.2 Å². The first-order valence-electron chi connectivity index (χ1n) is 6.42. The molecule has 0 radical (unpaired) electrons. The first-order chi connectivity index (χ1) is 8.67. The molecule has 0 amide bonds. The number of likely N-dealkylation sites (N-methyl/N-ethyl adjacent to an activating group) is 1. The van der Waals surface area contributed by atoms with Gasteiger partial charge in [0.2, 0.25) is 0 Å². The summed E-state index contributed by atoms with van der Waals surface area (Å²) in [7, 11) is 0. The Kier molecular flexibility index (Phi) is 6.83. The molecule has 0 aliphatic carbocycles. The van der Waals surface area contributed by atoms with E-state index in [9.17, 15) is 8.78 Å². The molecule has 1 unspecified atom stereocenters. The molecule has 1 aromatic rings. The molecule has 0 fully saturated rings. The molecule has 1 aromatic carbocycles. The van der Waals surface area contributed by atoms with Crippen molar-refractivity contribution in [2.45, 2.75) is 32.7 Å². The lowest BCUT2D eigenvalue weighted by Crippen LogP contribution is -2.32. The molecule has 2 nitrogen and oxygen atoms in total. The van der Waals surface area contributed by atoms with E-state index in [1.54, 1.807) is 0 Å². The van der Waals surface area contributed by atoms with Crippen LogP contribution in [0.2, 0.25) is 0 Å². The summed E-state index contributed by atoms with van der Waals surface area (Å²) < 4.78 is 31.6. The second kappa shape index (κ2) is 8.16. The van der Waals surface area contributed by atoms with E-state index in [4.69, 9.17) is 4.74 Å². The number of hydrogen-bond donors (Lipinski definition) is 1. The highest BCUT2D eigenvalue weighted by Crippen LogP contribution is 2.13. The minimum Gasteiger partial charge on any atom is -0.382 e. The van der Waals surface area contributed by atoms with Gasteiger partial charge in [-0.15, -0.1) is 0 Å². The Bertz CT molecular complexity index is 358. The van der Waals surface area contributed by atoms with Crippen molar-refractivity contribution < 1.29 is 13.5 Å². The number of halogens is 2. The molecule has 1 N–H and O–H groups in total. The van der Waals surface area contributed by atoms with E-state index in [1.807, 2.05) is 13.8 Å². The molecular weight excluding hydrogens is 236 g/mol. The van der Waals surface area contributed by atoms with Crippen molar-refractivity contribution >= 4 is 0 Å². The highest BCUT2D eigenvalue weighted by atomic mass is 19.1. The van der Waals surface area contributed by atoms with Gasteiger partial charge in [-0.1, -0.05) is 13.0 Å². The quantitative estimate of drug-likeness (QED) is 0.723. The molecule has 0 bridgehead atoms. The van der Waals surface area contributed by atoms with Crippen LogP contribution in [-0.4, -0.2) is 25.8 Å². The highest BCUT2D eigenvalue weighted by molar-refractivity contribution is 5.19. The Morgan fingerprint density at radius 2 is 2.06 bits per heavy atom. The summed E-state index contributed by atoms with van der Waals surface area (Å²) in [4.78, 5) is 0. The molecule has 1 rings (SSSR count). The van der Waals surface area contributed by atoms with Gasteiger partial charge in [0.1, 0.15) is 11.6 Å². The Hall–Kier alpha value is -1.00. The van der Waals surface area contributed by atoms with Crippen LogP contribution in [-0.2, 0) is 11.2 Å². The molecular formula is C14H21F2NO. The molecule has 0 saturated carbocycles. The van der Waals surface area contributed by atoms with Crippen LogP contribution in [0.5, 0.6) is 0 Å². The Balaban J connectivity index is 2.58. The SMILES string of the molecule is CCNC(CCOCC)Cc1ccc(F)cc1F. The monoisotopic (exact) mass is 257 g/mol. The maximum Gasteiger partial charge on any atom is 0.129 e. The zero-order valence-corrected chi connectivity index (χ0v) is 11.0. The van der Waals surface area contributed by atoms with Crippen LogP contribution in [0.25, 0.3) is 0 Å². The molecule has 0 heterocycles. The van der Waals surface area contributed by atoms with Crippen LogP contribution in [0.15, 0.2) is 18.2 Å². The number of hydrogen-bond acceptors (Lipinski definition) is 2. The Morgan fingerprint density at radius 1 is 1.28 bits per heavy atom. The van der Waals surface area contributed by atoms with Gasteiger partial charge in [0, 0.05) is 25.3 Å². The van der Waals surface area contributed by atoms with Crippen LogP contribution in [0.3, 0.4) is 0 Å². The Morgan fingerprint density at radius 3 is 2.67 bits per heavy atom. The molecule has 0 aromatic heterocycles. The Labute approximate surface area is 107 Å². The first kappa shape index (κ1) is 15.1. The van der Waals surface area contributed by atoms with Crippen molar-refractivity contribution in [3.8, 4) is 0 Å². The molecule has 4 heteroatoms. The molecule has 0 saturated heterocycles. The fraction of sp³-hybridized carbons (Fsp3) is 0.571. The average Bonchev–Trinajstić information content (AvgIpc) is 2.33. The van der Waals surface area contributed by atoms with E-state index in [2.05, 4.69) is 5.32 Å². The van der Waals surface area contributed by atoms with Gasteiger partial charge in [0.05, 0.1) is 0 Å². The van der Waals surface area contributed by atoms with E-state index in [0.717, 1.165) is 19.0 Å². The van der Waals surface area contributed by atoms with E-state index in [-0.39, 0.29) is 6.04 Å². The van der Waals surface area contributed by atoms with E-state index >= 15 is 0 Å². The zero-order chi connectivity index (χ0) is 13.4. The van der Waals surface area contributed by atoms with Crippen molar-refractivity contribution in [3.63, 3.8) is 0 Å². The van der Waals surface area contributed by atoms with E-state index < -0.39 is 11.6 Å². The van der Waals surface area contributed by atoms with Gasteiger partial charge in [-0.2, -0.15) is 0 Å². The highest BCUT2D eigenvalue weighted by Gasteiger charge is 2.12. The van der Waals surface area contributed by atoms with Gasteiger partial charge < -0.3 is 10.1 Å². The standard InChI is InChI=1S/C14H21F2NO/c1-3-17-13(7-8-18-4-2)9-11-5-6-12(15)10-14(11)16/h5-6,10,13,17H,3-4,7-9H2,1-2H3. The van der Waals surface area contributed by atoms with Crippen molar-refractivity contribution in [2.75, 3.05) is 19.8 Å². The van der Waals surface area contributed by atoms with Crippen molar-refractivity contribution in [3.05, 3.63) is 35.4 Å². The minimum atomic E-state index is -0.537. The molecule has 0 aliphatic heterocycles. The summed E-state index contributed by atoms with van der Waals surface area (Å²) >= 11 is 0. The van der Waals surface area contributed by atoms with Crippen LogP contribution >= 0.6 is 0 Å². The van der Waals surface area contributed by atoms with Gasteiger partial charge in [0.15, 0.2) is 0 Å². The maximum absolute atomic E-state index is 13.5. The smallest absolute Gasteiger partial charge is 0.129 e. The topological polar surface area (TPSA) is 21.3 Å². The lowest BCUT2D eigenvalue weighted by Gasteiger charge is -2.18. The molecule has 1 atom stereocenters. The van der Waals surface area contributed by atoms with Gasteiger partial charge in [-0.25, -0.2) is 8.78 Å². The summed E-state index contributed by atoms with van der Waals surface area (Å²) in [5, 5.41) is 3.29. The maximum atomic E-state index is 13.5. The second-order valence-electron chi connectivity index (χ2n) is 4.18. The lowest BCUT2D eigenvalue weighted by atomic mass is 10.0. The van der Waals surface area contributed by atoms with Crippen molar-refractivity contribution in [1.29, 1.82) is 0 Å². The lowest BCUT2D eigenvalue weighted by molar-refractivity contribution is 0.136. The van der Waals surface area contributed by atoms with Gasteiger partial charge in [-0.3, -0.25) is 0 Å². The fourth-order valence-corrected chi connectivity index (χ4v) is 1.89.